The van der Waals surface area contributed by atoms with Crippen LogP contribution in [0.25, 0.3) is 0 Å². The van der Waals surface area contributed by atoms with Gasteiger partial charge in [0.2, 0.25) is 11.8 Å². The Bertz CT molecular complexity index is 821. The summed E-state index contributed by atoms with van der Waals surface area (Å²) >= 11 is 0. The number of ether oxygens (including phenoxy) is 1. The number of amides is 2. The lowest BCUT2D eigenvalue weighted by Crippen LogP contribution is -2.46. The first-order valence-corrected chi connectivity index (χ1v) is 10.0. The highest BCUT2D eigenvalue weighted by atomic mass is 16.5. The van der Waals surface area contributed by atoms with Crippen LogP contribution >= 0.6 is 0 Å². The molecule has 2 unspecified atom stereocenters. The van der Waals surface area contributed by atoms with Crippen molar-refractivity contribution >= 4 is 17.5 Å². The maximum atomic E-state index is 12.9. The minimum Gasteiger partial charge on any atom is -0.494 e. The van der Waals surface area contributed by atoms with Gasteiger partial charge in [-0.05, 0) is 57.3 Å². The molecule has 0 bridgehead atoms. The van der Waals surface area contributed by atoms with Crippen molar-refractivity contribution in [1.82, 2.24) is 10.2 Å². The fourth-order valence-electron chi connectivity index (χ4n) is 3.71. The molecule has 0 radical (unpaired) electrons. The Morgan fingerprint density at radius 2 is 1.86 bits per heavy atom. The van der Waals surface area contributed by atoms with Gasteiger partial charge in [-0.2, -0.15) is 0 Å². The van der Waals surface area contributed by atoms with Gasteiger partial charge in [-0.25, -0.2) is 0 Å². The van der Waals surface area contributed by atoms with E-state index < -0.39 is 6.04 Å². The average molecular weight is 396 g/mol. The van der Waals surface area contributed by atoms with E-state index in [1.807, 2.05) is 75.6 Å². The number of para-hydroxylation sites is 1. The monoisotopic (exact) mass is 395 g/mol. The van der Waals surface area contributed by atoms with Gasteiger partial charge in [0.05, 0.1) is 12.6 Å². The molecule has 2 amide bonds. The Morgan fingerprint density at radius 1 is 1.17 bits per heavy atom. The number of carbonyl (C=O) groups is 2. The molecule has 0 aliphatic carbocycles. The second kappa shape index (κ2) is 9.56. The lowest BCUT2D eigenvalue weighted by Gasteiger charge is -2.28. The second-order valence-electron chi connectivity index (χ2n) is 7.38. The molecule has 1 N–H and O–H groups in total. The number of nitrogens with one attached hydrogen (secondary N) is 1. The molecule has 0 saturated carbocycles. The first kappa shape index (κ1) is 20.9. The fraction of sp³-hybridized carbons (Fsp3) is 0.391. The number of anilines is 1. The van der Waals surface area contributed by atoms with E-state index in [0.717, 1.165) is 17.0 Å². The van der Waals surface area contributed by atoms with Crippen LogP contribution in [-0.2, 0) is 9.59 Å². The fourth-order valence-corrected chi connectivity index (χ4v) is 3.71. The smallest absolute Gasteiger partial charge is 0.243 e. The summed E-state index contributed by atoms with van der Waals surface area (Å²) < 4.78 is 5.51. The molecule has 2 atom stereocenters. The standard InChI is InChI=1S/C23H29N3O3/c1-4-29-19-12-10-17(11-13-19)21(25(2)3)16-24-23(28)20-14-15-22(27)26(20)18-8-6-5-7-9-18/h5-13,20-21H,4,14-16H2,1-3H3,(H,24,28). The lowest BCUT2D eigenvalue weighted by molar-refractivity contribution is -0.124. The number of carbonyl (C=O) groups excluding carboxylic acids is 2. The molecule has 2 aromatic carbocycles. The van der Waals surface area contributed by atoms with Crippen LogP contribution < -0.4 is 15.0 Å². The van der Waals surface area contributed by atoms with Gasteiger partial charge in [0.25, 0.3) is 0 Å². The van der Waals surface area contributed by atoms with Crippen LogP contribution in [0.2, 0.25) is 0 Å². The number of benzene rings is 2. The molecular formula is C23H29N3O3. The van der Waals surface area contributed by atoms with Crippen molar-refractivity contribution in [3.63, 3.8) is 0 Å². The second-order valence-corrected chi connectivity index (χ2v) is 7.38. The Balaban J connectivity index is 1.67. The van der Waals surface area contributed by atoms with E-state index >= 15 is 0 Å². The van der Waals surface area contributed by atoms with Crippen LogP contribution in [0.1, 0.15) is 31.4 Å². The van der Waals surface area contributed by atoms with Gasteiger partial charge < -0.3 is 15.0 Å². The van der Waals surface area contributed by atoms with Crippen LogP contribution in [0.15, 0.2) is 54.6 Å². The summed E-state index contributed by atoms with van der Waals surface area (Å²) in [6, 6.07) is 16.9. The van der Waals surface area contributed by atoms with Crippen molar-refractivity contribution in [3.05, 3.63) is 60.2 Å². The Hall–Kier alpha value is -2.86. The molecule has 1 heterocycles. The van der Waals surface area contributed by atoms with Gasteiger partial charge in [0.15, 0.2) is 0 Å². The van der Waals surface area contributed by atoms with Gasteiger partial charge in [0, 0.05) is 18.7 Å². The average Bonchev–Trinajstić information content (AvgIpc) is 3.11. The predicted molar refractivity (Wildman–Crippen MR) is 114 cm³/mol. The van der Waals surface area contributed by atoms with E-state index in [0.29, 0.717) is 26.0 Å². The highest BCUT2D eigenvalue weighted by Gasteiger charge is 2.37. The number of likely N-dealkylation sites (N-methyl/N-ethyl adjacent to an activating group) is 1. The van der Waals surface area contributed by atoms with Crippen molar-refractivity contribution < 1.29 is 14.3 Å². The molecule has 1 saturated heterocycles. The third kappa shape index (κ3) is 4.95. The van der Waals surface area contributed by atoms with Crippen LogP contribution in [0.4, 0.5) is 5.69 Å². The molecule has 6 heteroatoms. The SMILES string of the molecule is CCOc1ccc(C(CNC(=O)C2CCC(=O)N2c2ccccc2)N(C)C)cc1. The van der Waals surface area contributed by atoms with E-state index in [-0.39, 0.29) is 17.9 Å². The van der Waals surface area contributed by atoms with Crippen molar-refractivity contribution in [2.45, 2.75) is 31.8 Å². The number of hydrogen-bond donors (Lipinski definition) is 1. The minimum atomic E-state index is -0.465. The Labute approximate surface area is 172 Å². The molecule has 1 fully saturated rings. The Kier molecular flexibility index (Phi) is 6.88. The predicted octanol–water partition coefficient (Wildman–Crippen LogP) is 3.00. The molecule has 154 valence electrons. The maximum absolute atomic E-state index is 12.9. The molecule has 1 aliphatic heterocycles. The Morgan fingerprint density at radius 3 is 2.48 bits per heavy atom. The normalized spacial score (nSPS) is 17.4. The first-order chi connectivity index (χ1) is 14.0. The third-order valence-electron chi connectivity index (χ3n) is 5.22. The van der Waals surface area contributed by atoms with Gasteiger partial charge in [0.1, 0.15) is 11.8 Å². The van der Waals surface area contributed by atoms with E-state index in [2.05, 4.69) is 10.2 Å². The van der Waals surface area contributed by atoms with E-state index in [9.17, 15) is 9.59 Å². The van der Waals surface area contributed by atoms with Gasteiger partial charge in [-0.15, -0.1) is 0 Å². The molecule has 2 aromatic rings. The highest BCUT2D eigenvalue weighted by molar-refractivity contribution is 6.03. The molecule has 29 heavy (non-hydrogen) atoms. The maximum Gasteiger partial charge on any atom is 0.243 e. The molecule has 6 nitrogen and oxygen atoms in total. The number of nitrogens with zero attached hydrogens (tertiary/aromatic N) is 2. The summed E-state index contributed by atoms with van der Waals surface area (Å²) in [5.74, 6) is 0.713. The number of hydrogen-bond acceptors (Lipinski definition) is 4. The molecule has 1 aliphatic rings. The highest BCUT2D eigenvalue weighted by Crippen LogP contribution is 2.27. The topological polar surface area (TPSA) is 61.9 Å². The largest absolute Gasteiger partial charge is 0.494 e. The summed E-state index contributed by atoms with van der Waals surface area (Å²) in [5.41, 5.74) is 1.87. The number of rotatable bonds is 8. The molecule has 0 aromatic heterocycles. The summed E-state index contributed by atoms with van der Waals surface area (Å²) in [6.45, 7) is 3.05. The molecular weight excluding hydrogens is 366 g/mol. The van der Waals surface area contributed by atoms with Gasteiger partial charge in [-0.3, -0.25) is 14.5 Å². The first-order valence-electron chi connectivity index (χ1n) is 10.0. The van der Waals surface area contributed by atoms with Crippen molar-refractivity contribution in [1.29, 1.82) is 0 Å². The molecule has 0 spiro atoms. The summed E-state index contributed by atoms with van der Waals surface area (Å²) in [5, 5.41) is 3.06. The van der Waals surface area contributed by atoms with Crippen LogP contribution in [0.3, 0.4) is 0 Å². The summed E-state index contributed by atoms with van der Waals surface area (Å²) in [6.07, 6.45) is 0.929. The van der Waals surface area contributed by atoms with Gasteiger partial charge >= 0.3 is 0 Å². The van der Waals surface area contributed by atoms with Crippen LogP contribution in [-0.4, -0.2) is 50.0 Å². The van der Waals surface area contributed by atoms with Crippen LogP contribution in [0, 0.1) is 0 Å². The lowest BCUT2D eigenvalue weighted by atomic mass is 10.1. The van der Waals surface area contributed by atoms with E-state index in [1.165, 1.54) is 0 Å². The summed E-state index contributed by atoms with van der Waals surface area (Å²) in [4.78, 5) is 29.0. The van der Waals surface area contributed by atoms with E-state index in [4.69, 9.17) is 4.74 Å². The zero-order valence-electron chi connectivity index (χ0n) is 17.3. The zero-order chi connectivity index (χ0) is 20.8. The van der Waals surface area contributed by atoms with Crippen molar-refractivity contribution in [3.8, 4) is 5.75 Å². The zero-order valence-corrected chi connectivity index (χ0v) is 17.3. The van der Waals surface area contributed by atoms with Crippen LogP contribution in [0.5, 0.6) is 5.75 Å². The minimum absolute atomic E-state index is 0.00739. The van der Waals surface area contributed by atoms with E-state index in [1.54, 1.807) is 4.90 Å². The van der Waals surface area contributed by atoms with Gasteiger partial charge in [-0.1, -0.05) is 30.3 Å². The third-order valence-corrected chi connectivity index (χ3v) is 5.22. The van der Waals surface area contributed by atoms with Crippen molar-refractivity contribution in [2.24, 2.45) is 0 Å². The van der Waals surface area contributed by atoms with Crippen molar-refractivity contribution in [2.75, 3.05) is 32.1 Å². The summed E-state index contributed by atoms with van der Waals surface area (Å²) in [7, 11) is 3.98. The quantitative estimate of drug-likeness (QED) is 0.746. The molecule has 3 rings (SSSR count).